The molecule has 1 heterocycles. The maximum Gasteiger partial charge on any atom is 0.202 e. The van der Waals surface area contributed by atoms with Crippen LogP contribution in [0.3, 0.4) is 0 Å². The van der Waals surface area contributed by atoms with E-state index in [0.717, 1.165) is 34.0 Å². The molecule has 3 aromatic rings. The Kier molecular flexibility index (Phi) is 5.71. The van der Waals surface area contributed by atoms with Crippen molar-refractivity contribution in [3.05, 3.63) is 75.5 Å². The zero-order valence-electron chi connectivity index (χ0n) is 16.6. The molecule has 5 rings (SSSR count). The van der Waals surface area contributed by atoms with Gasteiger partial charge in [0, 0.05) is 46.6 Å². The average Bonchev–Trinajstić information content (AvgIpc) is 3.12. The third kappa shape index (κ3) is 4.65. The SMILES string of the molecule is Clc1ccc(CNC2CC3(C2)CC(Nc2nc(Cc4ccc(Cl)cc4)ns2)C3)cc1. The Hall–Kier alpha value is -1.66. The highest BCUT2D eigenvalue weighted by molar-refractivity contribution is 7.09. The highest BCUT2D eigenvalue weighted by Crippen LogP contribution is 2.56. The standard InChI is InChI=1S/C23H24Cl2N4S/c24-17-5-1-15(2-6-17)9-21-28-22(30-29-21)27-20-12-23(13-20)10-19(11-23)26-14-16-3-7-18(25)8-4-16/h1-8,19-20,26H,9-14H2,(H,27,28,29). The molecule has 156 valence electrons. The van der Waals surface area contributed by atoms with E-state index >= 15 is 0 Å². The predicted molar refractivity (Wildman–Crippen MR) is 125 cm³/mol. The fourth-order valence-electron chi connectivity index (χ4n) is 4.76. The normalized spacial score (nSPS) is 25.0. The van der Waals surface area contributed by atoms with Crippen molar-refractivity contribution in [1.82, 2.24) is 14.7 Å². The van der Waals surface area contributed by atoms with Crippen molar-refractivity contribution in [1.29, 1.82) is 0 Å². The number of hydrogen-bond acceptors (Lipinski definition) is 5. The lowest BCUT2D eigenvalue weighted by atomic mass is 9.52. The minimum absolute atomic E-state index is 0.526. The van der Waals surface area contributed by atoms with Crippen molar-refractivity contribution in [3.8, 4) is 0 Å². The van der Waals surface area contributed by atoms with E-state index in [9.17, 15) is 0 Å². The lowest BCUT2D eigenvalue weighted by molar-refractivity contribution is -0.0125. The van der Waals surface area contributed by atoms with E-state index < -0.39 is 0 Å². The number of anilines is 1. The minimum Gasteiger partial charge on any atom is -0.358 e. The van der Waals surface area contributed by atoms with Gasteiger partial charge in [0.2, 0.25) is 5.13 Å². The molecule has 30 heavy (non-hydrogen) atoms. The second-order valence-electron chi connectivity index (χ2n) is 8.68. The molecule has 0 atom stereocenters. The summed E-state index contributed by atoms with van der Waals surface area (Å²) in [7, 11) is 0. The zero-order chi connectivity index (χ0) is 20.6. The molecule has 0 saturated heterocycles. The van der Waals surface area contributed by atoms with Crippen LogP contribution in [0.5, 0.6) is 0 Å². The van der Waals surface area contributed by atoms with Crippen LogP contribution >= 0.6 is 34.7 Å². The first-order valence-electron chi connectivity index (χ1n) is 10.4. The van der Waals surface area contributed by atoms with Crippen LogP contribution in [0, 0.1) is 5.41 Å². The molecule has 7 heteroatoms. The molecule has 1 spiro atoms. The highest BCUT2D eigenvalue weighted by Gasteiger charge is 2.52. The number of aromatic nitrogens is 2. The molecule has 2 N–H and O–H groups in total. The third-order valence-corrected chi connectivity index (χ3v) is 7.49. The van der Waals surface area contributed by atoms with Gasteiger partial charge in [0.15, 0.2) is 0 Å². The number of benzene rings is 2. The summed E-state index contributed by atoms with van der Waals surface area (Å²) in [6, 6.07) is 17.1. The van der Waals surface area contributed by atoms with Gasteiger partial charge in [-0.1, -0.05) is 47.5 Å². The molecular weight excluding hydrogens is 435 g/mol. The van der Waals surface area contributed by atoms with Crippen molar-refractivity contribution in [2.24, 2.45) is 5.41 Å². The number of rotatable bonds is 7. The van der Waals surface area contributed by atoms with E-state index in [4.69, 9.17) is 23.2 Å². The second kappa shape index (κ2) is 8.46. The Morgan fingerprint density at radius 1 is 0.867 bits per heavy atom. The lowest BCUT2D eigenvalue weighted by Gasteiger charge is -2.58. The summed E-state index contributed by atoms with van der Waals surface area (Å²) < 4.78 is 4.50. The van der Waals surface area contributed by atoms with Crippen LogP contribution < -0.4 is 10.6 Å². The van der Waals surface area contributed by atoms with Gasteiger partial charge >= 0.3 is 0 Å². The van der Waals surface area contributed by atoms with Crippen LogP contribution in [0.4, 0.5) is 5.13 Å². The van der Waals surface area contributed by atoms with Crippen molar-refractivity contribution in [2.75, 3.05) is 5.32 Å². The largest absolute Gasteiger partial charge is 0.358 e. The lowest BCUT2D eigenvalue weighted by Crippen LogP contribution is -2.58. The Morgan fingerprint density at radius 2 is 1.47 bits per heavy atom. The molecule has 4 nitrogen and oxygen atoms in total. The molecular formula is C23H24Cl2N4S. The molecule has 0 aliphatic heterocycles. The van der Waals surface area contributed by atoms with Crippen molar-refractivity contribution in [3.63, 3.8) is 0 Å². The Labute approximate surface area is 191 Å². The van der Waals surface area contributed by atoms with Crippen LogP contribution in [0.1, 0.15) is 42.6 Å². The molecule has 2 aliphatic carbocycles. The summed E-state index contributed by atoms with van der Waals surface area (Å²) >= 11 is 13.4. The van der Waals surface area contributed by atoms with Gasteiger partial charge in [0.25, 0.3) is 0 Å². The summed E-state index contributed by atoms with van der Waals surface area (Å²) in [6.07, 6.45) is 5.76. The fraction of sp³-hybridized carbons (Fsp3) is 0.391. The summed E-state index contributed by atoms with van der Waals surface area (Å²) in [4.78, 5) is 4.67. The summed E-state index contributed by atoms with van der Waals surface area (Å²) in [6.45, 7) is 0.917. The molecule has 0 radical (unpaired) electrons. The second-order valence-corrected chi connectivity index (χ2v) is 10.3. The van der Waals surface area contributed by atoms with Crippen LogP contribution in [0.2, 0.25) is 10.0 Å². The number of nitrogens with one attached hydrogen (secondary N) is 2. The summed E-state index contributed by atoms with van der Waals surface area (Å²) in [5.74, 6) is 0.869. The fourth-order valence-corrected chi connectivity index (χ4v) is 5.67. The van der Waals surface area contributed by atoms with Crippen molar-refractivity contribution in [2.45, 2.75) is 50.7 Å². The Bertz CT molecular complexity index is 989. The van der Waals surface area contributed by atoms with Gasteiger partial charge in [-0.25, -0.2) is 4.98 Å². The summed E-state index contributed by atoms with van der Waals surface area (Å²) in [5, 5.41) is 9.75. The molecule has 0 bridgehead atoms. The van der Waals surface area contributed by atoms with E-state index in [-0.39, 0.29) is 0 Å². The van der Waals surface area contributed by atoms with Crippen LogP contribution in [-0.2, 0) is 13.0 Å². The zero-order valence-corrected chi connectivity index (χ0v) is 18.9. The Balaban J connectivity index is 1.04. The van der Waals surface area contributed by atoms with E-state index in [0.29, 0.717) is 17.5 Å². The van der Waals surface area contributed by atoms with Gasteiger partial charge in [0.1, 0.15) is 5.82 Å². The predicted octanol–water partition coefficient (Wildman–Crippen LogP) is 5.95. The van der Waals surface area contributed by atoms with Crippen LogP contribution in [0.25, 0.3) is 0 Å². The Morgan fingerprint density at radius 3 is 2.13 bits per heavy atom. The molecule has 0 amide bonds. The monoisotopic (exact) mass is 458 g/mol. The topological polar surface area (TPSA) is 49.8 Å². The van der Waals surface area contributed by atoms with Gasteiger partial charge in [-0.2, -0.15) is 4.37 Å². The summed E-state index contributed by atoms with van der Waals surface area (Å²) in [5.41, 5.74) is 3.00. The average molecular weight is 459 g/mol. The van der Waals surface area contributed by atoms with E-state index in [1.807, 2.05) is 36.4 Å². The third-order valence-electron chi connectivity index (χ3n) is 6.30. The minimum atomic E-state index is 0.526. The smallest absolute Gasteiger partial charge is 0.202 e. The molecule has 0 unspecified atom stereocenters. The molecule has 2 aliphatic rings. The highest BCUT2D eigenvalue weighted by atomic mass is 35.5. The van der Waals surface area contributed by atoms with Gasteiger partial charge in [-0.05, 0) is 66.5 Å². The first-order chi connectivity index (χ1) is 14.6. The van der Waals surface area contributed by atoms with Gasteiger partial charge in [0.05, 0.1) is 0 Å². The number of halogens is 2. The molecule has 2 saturated carbocycles. The van der Waals surface area contributed by atoms with Crippen LogP contribution in [0.15, 0.2) is 48.5 Å². The maximum atomic E-state index is 5.95. The van der Waals surface area contributed by atoms with E-state index in [2.05, 4.69) is 32.1 Å². The molecule has 2 aromatic carbocycles. The molecule has 1 aromatic heterocycles. The van der Waals surface area contributed by atoms with Gasteiger partial charge in [-0.15, -0.1) is 0 Å². The van der Waals surface area contributed by atoms with E-state index in [1.54, 1.807) is 0 Å². The van der Waals surface area contributed by atoms with E-state index in [1.165, 1.54) is 48.3 Å². The van der Waals surface area contributed by atoms with Gasteiger partial charge < -0.3 is 10.6 Å². The van der Waals surface area contributed by atoms with Crippen LogP contribution in [-0.4, -0.2) is 21.4 Å². The number of nitrogens with zero attached hydrogens (tertiary/aromatic N) is 2. The maximum absolute atomic E-state index is 5.95. The molecule has 2 fully saturated rings. The first-order valence-corrected chi connectivity index (χ1v) is 11.9. The van der Waals surface area contributed by atoms with Crippen molar-refractivity contribution < 1.29 is 0 Å². The van der Waals surface area contributed by atoms with Gasteiger partial charge in [-0.3, -0.25) is 0 Å². The quantitative estimate of drug-likeness (QED) is 0.459. The number of hydrogen-bond donors (Lipinski definition) is 2. The first kappa shape index (κ1) is 20.3. The van der Waals surface area contributed by atoms with Crippen molar-refractivity contribution >= 4 is 39.9 Å².